The van der Waals surface area contributed by atoms with E-state index in [4.69, 9.17) is 14.2 Å². The van der Waals surface area contributed by atoms with Crippen LogP contribution in [0.4, 0.5) is 13.9 Å². The lowest BCUT2D eigenvalue weighted by Crippen LogP contribution is -2.45. The van der Waals surface area contributed by atoms with Gasteiger partial charge < -0.3 is 19.3 Å². The third-order valence-electron chi connectivity index (χ3n) is 7.96. The number of hydrogen-bond acceptors (Lipinski definition) is 7. The minimum absolute atomic E-state index is 0.00277. The van der Waals surface area contributed by atoms with E-state index in [2.05, 4.69) is 10.1 Å². The summed E-state index contributed by atoms with van der Waals surface area (Å²) in [5.41, 5.74) is 1.74. The van der Waals surface area contributed by atoms with Crippen molar-refractivity contribution in [1.82, 2.24) is 10.1 Å². The minimum Gasteiger partial charge on any atom is -0.478 e. The van der Waals surface area contributed by atoms with Gasteiger partial charge >= 0.3 is 5.97 Å². The van der Waals surface area contributed by atoms with Gasteiger partial charge in [-0.1, -0.05) is 22.6 Å². The third kappa shape index (κ3) is 4.06. The highest BCUT2D eigenvalue weighted by Crippen LogP contribution is 2.46. The molecule has 7 rings (SSSR count). The molecule has 3 atom stereocenters. The summed E-state index contributed by atoms with van der Waals surface area (Å²) in [6, 6.07) is 9.38. The fourth-order valence-corrected chi connectivity index (χ4v) is 7.13. The Balaban J connectivity index is 1.10. The Hall–Kier alpha value is -3.37. The molecule has 3 fully saturated rings. The lowest BCUT2D eigenvalue weighted by Gasteiger charge is -2.38. The number of aromatic carboxylic acids is 1. The van der Waals surface area contributed by atoms with Gasteiger partial charge in [-0.2, -0.15) is 0 Å². The molecule has 1 saturated carbocycles. The van der Waals surface area contributed by atoms with Crippen LogP contribution in [0, 0.1) is 11.6 Å². The van der Waals surface area contributed by atoms with Crippen LogP contribution in [0.5, 0.6) is 0 Å². The molecule has 10 heteroatoms. The molecule has 0 amide bonds. The number of fused-ring (bicyclic) bond motifs is 3. The maximum absolute atomic E-state index is 14.6. The summed E-state index contributed by atoms with van der Waals surface area (Å²) in [6.45, 7) is 0.196. The van der Waals surface area contributed by atoms with Crippen LogP contribution in [-0.2, 0) is 11.3 Å². The number of rotatable bonds is 7. The number of nitrogens with zero attached hydrogens (tertiary/aromatic N) is 3. The molecule has 2 aromatic carbocycles. The zero-order chi connectivity index (χ0) is 26.0. The van der Waals surface area contributed by atoms with Gasteiger partial charge in [-0.3, -0.25) is 0 Å². The van der Waals surface area contributed by atoms with Crippen LogP contribution in [-0.4, -0.2) is 39.4 Å². The second kappa shape index (κ2) is 9.13. The van der Waals surface area contributed by atoms with Crippen LogP contribution in [0.15, 0.2) is 40.9 Å². The SMILES string of the molecule is O=C(O)c1ccc2nc(N3C4CC[C@H]3CC(OCc3c(-c5c(F)cccc5F)noc3C3CC3)C4)sc2c1. The number of thiazole rings is 1. The fourth-order valence-electron chi connectivity index (χ4n) is 5.98. The molecule has 7 nitrogen and oxygen atoms in total. The van der Waals surface area contributed by atoms with E-state index in [1.54, 1.807) is 18.2 Å². The van der Waals surface area contributed by atoms with Crippen LogP contribution in [0.3, 0.4) is 0 Å². The number of hydrogen-bond donors (Lipinski definition) is 1. The highest BCUT2D eigenvalue weighted by Gasteiger charge is 2.43. The second-order valence-electron chi connectivity index (χ2n) is 10.4. The quantitative estimate of drug-likeness (QED) is 0.287. The first kappa shape index (κ1) is 23.7. The maximum Gasteiger partial charge on any atom is 0.335 e. The Morgan fingerprint density at radius 3 is 2.53 bits per heavy atom. The van der Waals surface area contributed by atoms with E-state index in [1.807, 2.05) is 0 Å². The van der Waals surface area contributed by atoms with Crippen molar-refractivity contribution in [1.29, 1.82) is 0 Å². The predicted octanol–water partition coefficient (Wildman–Crippen LogP) is 6.52. The van der Waals surface area contributed by atoms with Gasteiger partial charge in [-0.25, -0.2) is 18.6 Å². The van der Waals surface area contributed by atoms with E-state index in [0.717, 1.165) is 53.9 Å². The number of carbonyl (C=O) groups is 1. The zero-order valence-electron chi connectivity index (χ0n) is 20.4. The number of carboxylic acids is 1. The first-order chi connectivity index (χ1) is 18.5. The van der Waals surface area contributed by atoms with Crippen LogP contribution in [0.25, 0.3) is 21.5 Å². The molecular formula is C28H25F2N3O4S. The van der Waals surface area contributed by atoms with Gasteiger partial charge in [0.15, 0.2) is 5.13 Å². The summed E-state index contributed by atoms with van der Waals surface area (Å²) in [7, 11) is 0. The van der Waals surface area contributed by atoms with Crippen LogP contribution < -0.4 is 4.90 Å². The van der Waals surface area contributed by atoms with Crippen molar-refractivity contribution >= 4 is 32.7 Å². The molecule has 4 heterocycles. The summed E-state index contributed by atoms with van der Waals surface area (Å²) < 4.78 is 42.0. The number of aromatic nitrogens is 2. The van der Waals surface area contributed by atoms with Gasteiger partial charge in [0.05, 0.1) is 34.1 Å². The minimum atomic E-state index is -0.946. The molecule has 2 bridgehead atoms. The molecular weight excluding hydrogens is 512 g/mol. The topological polar surface area (TPSA) is 88.7 Å². The Bertz CT molecular complexity index is 1510. The monoisotopic (exact) mass is 537 g/mol. The number of carboxylic acid groups (broad SMARTS) is 1. The number of ether oxygens (including phenoxy) is 1. The fraction of sp³-hybridized carbons (Fsp3) is 0.393. The van der Waals surface area contributed by atoms with E-state index in [9.17, 15) is 18.7 Å². The van der Waals surface area contributed by atoms with Gasteiger partial charge in [0.1, 0.15) is 23.1 Å². The highest BCUT2D eigenvalue weighted by molar-refractivity contribution is 7.22. The van der Waals surface area contributed by atoms with E-state index in [-0.39, 0.29) is 47.5 Å². The maximum atomic E-state index is 14.6. The Morgan fingerprint density at radius 1 is 1.11 bits per heavy atom. The summed E-state index contributed by atoms with van der Waals surface area (Å²) in [5, 5.41) is 14.3. The second-order valence-corrected chi connectivity index (χ2v) is 11.4. The van der Waals surface area contributed by atoms with Gasteiger partial charge in [0, 0.05) is 23.6 Å². The number of benzene rings is 2. The summed E-state index contributed by atoms with van der Waals surface area (Å²) in [6.07, 6.45) is 5.65. The van der Waals surface area contributed by atoms with Crippen molar-refractivity contribution in [2.75, 3.05) is 4.90 Å². The van der Waals surface area contributed by atoms with Crippen molar-refractivity contribution in [3.05, 3.63) is 64.9 Å². The molecule has 38 heavy (non-hydrogen) atoms. The summed E-state index contributed by atoms with van der Waals surface area (Å²) in [4.78, 5) is 18.5. The van der Waals surface area contributed by atoms with Gasteiger partial charge in [-0.15, -0.1) is 0 Å². The first-order valence-corrected chi connectivity index (χ1v) is 13.7. The normalized spacial score (nSPS) is 22.9. The van der Waals surface area contributed by atoms with E-state index < -0.39 is 17.6 Å². The standard InChI is InChI=1S/C28H25F2N3O4S/c29-20-2-1-3-21(30)24(20)25-19(26(37-32-25)14-4-5-14)13-36-18-11-16-7-8-17(12-18)33(16)28-31-22-9-6-15(27(34)35)10-23(22)38-28/h1-3,6,9-10,14,16-18H,4-5,7-8,11-13H2,(H,34,35)/t16-,17?,18?/m0/s1. The van der Waals surface area contributed by atoms with E-state index in [1.165, 1.54) is 29.5 Å². The van der Waals surface area contributed by atoms with Gasteiger partial charge in [0.25, 0.3) is 0 Å². The molecule has 0 spiro atoms. The molecule has 2 aliphatic heterocycles. The molecule has 2 saturated heterocycles. The summed E-state index contributed by atoms with van der Waals surface area (Å²) >= 11 is 1.53. The molecule has 3 aliphatic rings. The lowest BCUT2D eigenvalue weighted by atomic mass is 10.00. The van der Waals surface area contributed by atoms with Gasteiger partial charge in [-0.05, 0) is 68.9 Å². The summed E-state index contributed by atoms with van der Waals surface area (Å²) in [5.74, 6) is -1.38. The molecule has 2 unspecified atom stereocenters. The number of anilines is 1. The smallest absolute Gasteiger partial charge is 0.335 e. The Morgan fingerprint density at radius 2 is 1.84 bits per heavy atom. The molecule has 196 valence electrons. The van der Waals surface area contributed by atoms with Crippen molar-refractivity contribution in [3.8, 4) is 11.3 Å². The van der Waals surface area contributed by atoms with Crippen molar-refractivity contribution < 1.29 is 27.9 Å². The Kier molecular flexibility index (Phi) is 5.70. The number of piperidine rings is 1. The largest absolute Gasteiger partial charge is 0.478 e. The molecule has 1 aliphatic carbocycles. The molecule has 2 aromatic heterocycles. The van der Waals surface area contributed by atoms with Crippen molar-refractivity contribution in [3.63, 3.8) is 0 Å². The third-order valence-corrected chi connectivity index (χ3v) is 9.00. The number of halogens is 2. The average molecular weight is 538 g/mol. The Labute approximate surface area is 221 Å². The van der Waals surface area contributed by atoms with E-state index in [0.29, 0.717) is 11.3 Å². The molecule has 0 radical (unpaired) electrons. The van der Waals surface area contributed by atoms with Gasteiger partial charge in [0.2, 0.25) is 0 Å². The average Bonchev–Trinajstić information content (AvgIpc) is 3.42. The van der Waals surface area contributed by atoms with Crippen LogP contribution >= 0.6 is 11.3 Å². The van der Waals surface area contributed by atoms with Crippen LogP contribution in [0.1, 0.15) is 66.1 Å². The predicted molar refractivity (Wildman–Crippen MR) is 138 cm³/mol. The molecule has 1 N–H and O–H groups in total. The zero-order valence-corrected chi connectivity index (χ0v) is 21.2. The van der Waals surface area contributed by atoms with Crippen LogP contribution in [0.2, 0.25) is 0 Å². The first-order valence-electron chi connectivity index (χ1n) is 12.9. The van der Waals surface area contributed by atoms with Crippen molar-refractivity contribution in [2.24, 2.45) is 0 Å². The lowest BCUT2D eigenvalue weighted by molar-refractivity contribution is 0.0147. The molecule has 4 aromatic rings. The van der Waals surface area contributed by atoms with E-state index >= 15 is 0 Å². The van der Waals surface area contributed by atoms with Crippen molar-refractivity contribution in [2.45, 2.75) is 69.2 Å². The highest BCUT2D eigenvalue weighted by atomic mass is 32.1.